The van der Waals surface area contributed by atoms with E-state index in [9.17, 15) is 4.79 Å². The molecule has 1 N–H and O–H groups in total. The number of amides is 1. The molecule has 0 spiro atoms. The third kappa shape index (κ3) is 3.68. The molecule has 3 aromatic rings. The maximum absolute atomic E-state index is 12.8. The number of methoxy groups -OCH3 is 1. The summed E-state index contributed by atoms with van der Waals surface area (Å²) in [5.74, 6) is 0.690. The number of benzene rings is 2. The van der Waals surface area contributed by atoms with Crippen LogP contribution in [0.5, 0.6) is 5.75 Å². The first kappa shape index (κ1) is 14.7. The van der Waals surface area contributed by atoms with Crippen LogP contribution in [-0.4, -0.2) is 40.0 Å². The Labute approximate surface area is 186 Å². The third-order valence-corrected chi connectivity index (χ3v) is 5.08. The van der Waals surface area contributed by atoms with Gasteiger partial charge in [-0.1, -0.05) is 23.7 Å². The molecule has 154 valence electrons. The van der Waals surface area contributed by atoms with E-state index in [1.807, 2.05) is 17.4 Å². The van der Waals surface area contributed by atoms with Gasteiger partial charge in [0.1, 0.15) is 17.6 Å². The van der Waals surface area contributed by atoms with Crippen LogP contribution in [0.1, 0.15) is 48.9 Å². The summed E-state index contributed by atoms with van der Waals surface area (Å²) in [4.78, 5) is 17.6. The summed E-state index contributed by atoms with van der Waals surface area (Å²) in [6.07, 6.45) is -0.351. The van der Waals surface area contributed by atoms with Gasteiger partial charge >= 0.3 is 0 Å². The molecule has 4 rings (SSSR count). The highest BCUT2D eigenvalue weighted by molar-refractivity contribution is 6.30. The number of carbonyl (C=O) groups is 1. The molecule has 0 saturated heterocycles. The molecule has 1 aliphatic heterocycles. The fourth-order valence-corrected chi connectivity index (χ4v) is 3.60. The maximum Gasteiger partial charge on any atom is 0.222 e. The zero-order valence-corrected chi connectivity index (χ0v) is 17.1. The van der Waals surface area contributed by atoms with Crippen LogP contribution < -0.4 is 10.1 Å². The van der Waals surface area contributed by atoms with Gasteiger partial charge in [-0.15, -0.1) is 10.2 Å². The van der Waals surface area contributed by atoms with E-state index in [2.05, 4.69) is 10.2 Å². The number of carbonyl (C=O) groups excluding carboxylic acids is 1. The summed E-state index contributed by atoms with van der Waals surface area (Å²) in [6, 6.07) is 11.6. The van der Waals surface area contributed by atoms with Crippen LogP contribution in [0.2, 0.25) is 5.02 Å². The van der Waals surface area contributed by atoms with Gasteiger partial charge in [-0.05, 0) is 44.1 Å². The van der Waals surface area contributed by atoms with Gasteiger partial charge in [-0.2, -0.15) is 0 Å². The lowest BCUT2D eigenvalue weighted by Gasteiger charge is -2.14. The topological polar surface area (TPSA) is 81.4 Å². The first-order valence-corrected chi connectivity index (χ1v) is 9.54. The molecule has 1 aliphatic rings. The van der Waals surface area contributed by atoms with Crippen molar-refractivity contribution in [2.24, 2.45) is 4.99 Å². The van der Waals surface area contributed by atoms with Gasteiger partial charge in [0.2, 0.25) is 5.91 Å². The van der Waals surface area contributed by atoms with Gasteiger partial charge in [-0.3, -0.25) is 14.4 Å². The summed E-state index contributed by atoms with van der Waals surface area (Å²) < 4.78 is 44.8. The minimum absolute atomic E-state index is 0.351. The normalized spacial score (nSPS) is 18.3. The van der Waals surface area contributed by atoms with Gasteiger partial charge in [0.25, 0.3) is 0 Å². The first-order valence-electron chi connectivity index (χ1n) is 11.7. The smallest absolute Gasteiger partial charge is 0.222 e. The molecule has 0 unspecified atom stereocenters. The third-order valence-electron chi connectivity index (χ3n) is 4.83. The molecular weight excluding hydrogens is 402 g/mol. The van der Waals surface area contributed by atoms with Gasteiger partial charge in [0.15, 0.2) is 5.82 Å². The van der Waals surface area contributed by atoms with Crippen molar-refractivity contribution in [2.45, 2.75) is 26.2 Å². The van der Waals surface area contributed by atoms with Crippen molar-refractivity contribution in [1.29, 1.82) is 0 Å². The van der Waals surface area contributed by atoms with Crippen LogP contribution >= 0.6 is 11.6 Å². The fraction of sp³-hybridized carbons (Fsp3) is 0.273. The molecule has 8 heteroatoms. The van der Waals surface area contributed by atoms with E-state index >= 15 is 0 Å². The zero-order valence-electron chi connectivity index (χ0n) is 21.3. The van der Waals surface area contributed by atoms with E-state index < -0.39 is 25.3 Å². The van der Waals surface area contributed by atoms with Gasteiger partial charge in [0.05, 0.1) is 24.9 Å². The molecular formula is C22H22ClN5O2. The van der Waals surface area contributed by atoms with Gasteiger partial charge < -0.3 is 10.1 Å². The van der Waals surface area contributed by atoms with Crippen molar-refractivity contribution in [3.63, 3.8) is 0 Å². The quantitative estimate of drug-likeness (QED) is 0.672. The van der Waals surface area contributed by atoms with Crippen LogP contribution in [0.25, 0.3) is 5.69 Å². The van der Waals surface area contributed by atoms with E-state index in [4.69, 9.17) is 28.2 Å². The molecule has 1 amide bonds. The molecule has 0 bridgehead atoms. The molecule has 0 aliphatic carbocycles. The Morgan fingerprint density at radius 1 is 1.30 bits per heavy atom. The Balaban J connectivity index is 1.85. The van der Waals surface area contributed by atoms with Gasteiger partial charge in [0, 0.05) is 29.5 Å². The SMILES string of the molecule is [2H]C([2H])([2H])C([2H])([2H])NC(=O)C[C@@H]1N=C(c2ccc(Cl)cc2)c2cc(OC)ccc2-n2c(C)nnc21. The van der Waals surface area contributed by atoms with Crippen LogP contribution in [-0.2, 0) is 4.79 Å². The van der Waals surface area contributed by atoms with Crippen molar-refractivity contribution < 1.29 is 16.4 Å². The highest BCUT2D eigenvalue weighted by Crippen LogP contribution is 2.34. The second-order valence-corrected chi connectivity index (χ2v) is 7.14. The summed E-state index contributed by atoms with van der Waals surface area (Å²) >= 11 is 6.09. The summed E-state index contributed by atoms with van der Waals surface area (Å²) in [7, 11) is 1.55. The molecule has 30 heavy (non-hydrogen) atoms. The minimum atomic E-state index is -3.03. The first-order chi connectivity index (χ1) is 16.4. The lowest BCUT2D eigenvalue weighted by Crippen LogP contribution is -2.25. The number of nitrogens with zero attached hydrogens (tertiary/aromatic N) is 4. The van der Waals surface area contributed by atoms with Crippen molar-refractivity contribution in [3.8, 4) is 11.4 Å². The van der Waals surface area contributed by atoms with E-state index in [0.717, 1.165) is 11.3 Å². The Kier molecular flexibility index (Phi) is 4.07. The van der Waals surface area contributed by atoms with E-state index in [0.29, 0.717) is 33.7 Å². The van der Waals surface area contributed by atoms with Crippen molar-refractivity contribution in [1.82, 2.24) is 20.1 Å². The molecule has 1 aromatic heterocycles. The number of aromatic nitrogens is 3. The second-order valence-electron chi connectivity index (χ2n) is 6.70. The second kappa shape index (κ2) is 8.28. The fourth-order valence-electron chi connectivity index (χ4n) is 3.47. The minimum Gasteiger partial charge on any atom is -0.497 e. The number of halogens is 1. The van der Waals surface area contributed by atoms with Gasteiger partial charge in [-0.25, -0.2) is 0 Å². The number of rotatable bonds is 5. The highest BCUT2D eigenvalue weighted by atomic mass is 35.5. The molecule has 0 fully saturated rings. The van der Waals surface area contributed by atoms with Crippen molar-refractivity contribution in [2.75, 3.05) is 13.6 Å². The van der Waals surface area contributed by atoms with Crippen LogP contribution in [0, 0.1) is 6.92 Å². The number of nitrogens with one attached hydrogen (secondary N) is 1. The number of aliphatic imine (C=N–C) groups is 1. The predicted octanol–water partition coefficient (Wildman–Crippen LogP) is 3.66. The van der Waals surface area contributed by atoms with Crippen molar-refractivity contribution in [3.05, 3.63) is 70.3 Å². The number of aryl methyl sites for hydroxylation is 1. The Morgan fingerprint density at radius 2 is 2.10 bits per heavy atom. The lowest BCUT2D eigenvalue weighted by molar-refractivity contribution is -0.121. The van der Waals surface area contributed by atoms with Crippen LogP contribution in [0.4, 0.5) is 0 Å². The number of hydrogen-bond donors (Lipinski definition) is 1. The Hall–Kier alpha value is -3.19. The summed E-state index contributed by atoms with van der Waals surface area (Å²) in [6.45, 7) is -4.17. The van der Waals surface area contributed by atoms with Crippen LogP contribution in [0.15, 0.2) is 47.5 Å². The van der Waals surface area contributed by atoms with Crippen LogP contribution in [0.3, 0.4) is 0 Å². The maximum atomic E-state index is 12.8. The lowest BCUT2D eigenvalue weighted by atomic mass is 10.00. The molecule has 0 saturated carbocycles. The monoisotopic (exact) mass is 428 g/mol. The highest BCUT2D eigenvalue weighted by Gasteiger charge is 2.29. The number of fused-ring (bicyclic) bond motifs is 3. The zero-order chi connectivity index (χ0) is 25.5. The average molecular weight is 429 g/mol. The molecule has 7 nitrogen and oxygen atoms in total. The largest absolute Gasteiger partial charge is 0.497 e. The van der Waals surface area contributed by atoms with E-state index in [1.54, 1.807) is 48.9 Å². The molecule has 1 atom stereocenters. The Bertz CT molecular complexity index is 1300. The average Bonchev–Trinajstić information content (AvgIpc) is 3.10. The standard InChI is InChI=1S/C22H22ClN5O2/c1-4-24-20(29)12-18-22-27-26-13(2)28(22)19-10-9-16(30-3)11-17(19)21(25-18)14-5-7-15(23)8-6-14/h5-11,18H,4,12H2,1-3H3,(H,24,29)/t18-/m0/s1/i1D3,4D2. The number of ether oxygens (including phenoxy) is 1. The summed E-state index contributed by atoms with van der Waals surface area (Å²) in [5, 5.41) is 10.9. The van der Waals surface area contributed by atoms with E-state index in [-0.39, 0.29) is 6.42 Å². The van der Waals surface area contributed by atoms with E-state index in [1.165, 1.54) is 0 Å². The van der Waals surface area contributed by atoms with Crippen molar-refractivity contribution >= 4 is 23.2 Å². The number of hydrogen-bond acceptors (Lipinski definition) is 5. The summed E-state index contributed by atoms with van der Waals surface area (Å²) in [5.41, 5.74) is 2.69. The predicted molar refractivity (Wildman–Crippen MR) is 116 cm³/mol. The molecule has 0 radical (unpaired) electrons. The molecule has 2 heterocycles. The molecule has 2 aromatic carbocycles. The Morgan fingerprint density at radius 3 is 2.83 bits per heavy atom.